The second-order valence-corrected chi connectivity index (χ2v) is 15.7. The lowest BCUT2D eigenvalue weighted by molar-refractivity contribution is -0.218. The number of hydrazone groups is 1. The third-order valence-electron chi connectivity index (χ3n) is 8.05. The minimum atomic E-state index is -5.00. The monoisotopic (exact) mass is 803 g/mol. The van der Waals surface area contributed by atoms with E-state index in [9.17, 15) is 22.8 Å². The van der Waals surface area contributed by atoms with Gasteiger partial charge >= 0.3 is 16.5 Å². The number of rotatable bonds is 14. The molecule has 2 atom stereocenters. The van der Waals surface area contributed by atoms with Crippen molar-refractivity contribution in [1.82, 2.24) is 51.5 Å². The average molecular weight is 804 g/mol. The van der Waals surface area contributed by atoms with Crippen molar-refractivity contribution >= 4 is 67.2 Å². The largest absolute Gasteiger partial charge is 0.490 e. The third kappa shape index (κ3) is 9.31. The summed E-state index contributed by atoms with van der Waals surface area (Å²) in [6, 6.07) is 7.73. The maximum absolute atomic E-state index is 13.4. The molecule has 294 valence electrons. The summed E-state index contributed by atoms with van der Waals surface area (Å²) in [5, 5.41) is 26.4. The Kier molecular flexibility index (Phi) is 10.7. The number of nitrogen functional groups attached to an aromatic ring is 1. The van der Waals surface area contributed by atoms with Crippen LogP contribution in [0.25, 0.3) is 10.9 Å². The van der Waals surface area contributed by atoms with Crippen molar-refractivity contribution in [2.45, 2.75) is 63.9 Å². The number of thiazole rings is 1. The molecule has 3 amide bonds. The molecule has 4 aromatic rings. The van der Waals surface area contributed by atoms with Crippen LogP contribution in [0.5, 0.6) is 5.75 Å². The predicted octanol–water partition coefficient (Wildman–Crippen LogP) is 0.703. The van der Waals surface area contributed by atoms with Crippen molar-refractivity contribution in [3.63, 3.8) is 0 Å². The molecule has 0 radical (unpaired) electrons. The number of aromatic amines is 1. The van der Waals surface area contributed by atoms with Crippen LogP contribution < -0.4 is 26.7 Å². The number of carbonyl (C=O) groups excluding carboxylic acids is 3. The number of fused-ring (bicyclic) bond motifs is 1. The molecule has 2 aliphatic rings. The molecule has 6 rings (SSSR count). The number of aromatic nitrogens is 6. The maximum Gasteiger partial charge on any atom is 0.418 e. The number of carbonyl (C=O) groups is 3. The predicted molar refractivity (Wildman–Crippen MR) is 192 cm³/mol. The summed E-state index contributed by atoms with van der Waals surface area (Å²) in [7, 11) is -5.00. The first kappa shape index (κ1) is 38.9. The Balaban J connectivity index is 1.08. The molecule has 23 nitrogen and oxygen atoms in total. The van der Waals surface area contributed by atoms with Crippen LogP contribution in [0.15, 0.2) is 40.8 Å². The van der Waals surface area contributed by atoms with E-state index in [0.717, 1.165) is 16.7 Å². The van der Waals surface area contributed by atoms with Crippen LogP contribution in [0.2, 0.25) is 0 Å². The molecule has 1 unspecified atom stereocenters. The number of nitrogens with zero attached hydrogens (tertiary/aromatic N) is 8. The average Bonchev–Trinajstić information content (AvgIpc) is 3.78. The lowest BCUT2D eigenvalue weighted by Crippen LogP contribution is -2.76. The fourth-order valence-corrected chi connectivity index (χ4v) is 6.34. The zero-order chi connectivity index (χ0) is 39.7. The lowest BCUT2D eigenvalue weighted by atomic mass is 9.84. The summed E-state index contributed by atoms with van der Waals surface area (Å²) in [6.45, 7) is 9.11. The summed E-state index contributed by atoms with van der Waals surface area (Å²) in [4.78, 5) is 54.3. The highest BCUT2D eigenvalue weighted by atomic mass is 32.3. The zero-order valence-electron chi connectivity index (χ0n) is 29.9. The van der Waals surface area contributed by atoms with Crippen LogP contribution >= 0.6 is 11.3 Å². The standard InChI is InChI=1S/C30H37N13O10S2/c1-29(2,3)51-28(46)42-11-16(12-42)32-21-9-6-15-10-17(7-8-18(15)33-21)50-13-20(24-37-39-40-38-24)52-41-36-22(19-14-54-27(31)34-19)25(44)35-23-26(45)43(30(23,4)5)53-55(47,48)49/h6-10,14,16,20,23,41H,11-13H2,1-5H3,(H2,31,34)(H,32,33)(H,35,44)(H,47,48,49)(H,37,38,39,40)/b36-22-/t20?,23-/m1/s1. The van der Waals surface area contributed by atoms with Gasteiger partial charge in [0.1, 0.15) is 35.5 Å². The number of benzene rings is 1. The first-order valence-electron chi connectivity index (χ1n) is 16.4. The number of likely N-dealkylation sites (tertiary alicyclic amines) is 1. The Morgan fingerprint density at radius 2 is 1.96 bits per heavy atom. The van der Waals surface area contributed by atoms with E-state index in [1.165, 1.54) is 19.2 Å². The van der Waals surface area contributed by atoms with E-state index in [1.807, 2.05) is 32.9 Å². The van der Waals surface area contributed by atoms with Gasteiger partial charge in [0.05, 0.1) is 17.1 Å². The SMILES string of the molecule is CC(C)(C)OC(=O)N1CC(Nc2ccc3cc(OCC(ON/N=C(\C(=O)N[C@@H]4C(=O)N(OS(=O)(=O)O)C4(C)C)c4csc(N)n4)c4nn[nH]n4)ccc3n2)C1. The van der Waals surface area contributed by atoms with Gasteiger partial charge in [-0.2, -0.15) is 24.3 Å². The van der Waals surface area contributed by atoms with Crippen molar-refractivity contribution in [2.75, 3.05) is 30.7 Å². The van der Waals surface area contributed by atoms with E-state index in [1.54, 1.807) is 23.1 Å². The number of hydroxylamine groups is 2. The summed E-state index contributed by atoms with van der Waals surface area (Å²) in [6.07, 6.45) is -1.39. The molecule has 2 fully saturated rings. The molecule has 0 spiro atoms. The normalized spacial score (nSPS) is 18.0. The van der Waals surface area contributed by atoms with Crippen LogP contribution in [-0.2, 0) is 33.8 Å². The number of β-lactam (4-membered cyclic amide) rings is 1. The Bertz CT molecular complexity index is 2200. The van der Waals surface area contributed by atoms with Crippen molar-refractivity contribution in [1.29, 1.82) is 0 Å². The molecule has 7 N–H and O–H groups in total. The molecule has 2 aliphatic heterocycles. The molecule has 55 heavy (non-hydrogen) atoms. The van der Waals surface area contributed by atoms with E-state index in [4.69, 9.17) is 24.6 Å². The fourth-order valence-electron chi connectivity index (χ4n) is 5.34. The zero-order valence-corrected chi connectivity index (χ0v) is 31.5. The van der Waals surface area contributed by atoms with Crippen molar-refractivity contribution in [3.05, 3.63) is 47.2 Å². The number of H-pyrrole nitrogens is 1. The highest BCUT2D eigenvalue weighted by molar-refractivity contribution is 7.80. The van der Waals surface area contributed by atoms with E-state index < -0.39 is 45.5 Å². The number of tetrazole rings is 1. The Morgan fingerprint density at radius 3 is 2.60 bits per heavy atom. The van der Waals surface area contributed by atoms with Crippen LogP contribution in [0.3, 0.4) is 0 Å². The van der Waals surface area contributed by atoms with Gasteiger partial charge in [-0.05, 0) is 65.0 Å². The van der Waals surface area contributed by atoms with Crippen molar-refractivity contribution in [2.24, 2.45) is 5.10 Å². The number of nitrogens with one attached hydrogen (secondary N) is 4. The van der Waals surface area contributed by atoms with E-state index in [0.29, 0.717) is 35.2 Å². The summed E-state index contributed by atoms with van der Waals surface area (Å²) in [5.74, 6) is -0.677. The quantitative estimate of drug-likeness (QED) is 0.0442. The number of hydrogen-bond acceptors (Lipinski definition) is 19. The smallest absolute Gasteiger partial charge is 0.418 e. The van der Waals surface area contributed by atoms with Gasteiger partial charge in [-0.15, -0.1) is 30.9 Å². The molecule has 25 heteroatoms. The maximum atomic E-state index is 13.4. The number of amides is 3. The van der Waals surface area contributed by atoms with Gasteiger partial charge in [0.25, 0.3) is 11.8 Å². The van der Waals surface area contributed by atoms with Crippen molar-refractivity contribution < 1.29 is 45.9 Å². The first-order valence-corrected chi connectivity index (χ1v) is 18.6. The van der Waals surface area contributed by atoms with Crippen LogP contribution in [0.4, 0.5) is 15.7 Å². The number of nitrogens with two attached hydrogens (primary N) is 1. The number of pyridine rings is 1. The molecule has 3 aromatic heterocycles. The molecule has 5 heterocycles. The number of hydrogen-bond donors (Lipinski definition) is 6. The molecule has 0 saturated carbocycles. The molecule has 0 bridgehead atoms. The van der Waals surface area contributed by atoms with Gasteiger partial charge in [0.2, 0.25) is 5.82 Å². The third-order valence-corrected chi connectivity index (χ3v) is 9.06. The molecule has 2 saturated heterocycles. The Labute approximate surface area is 316 Å². The van der Waals surface area contributed by atoms with Crippen LogP contribution in [0, 0.1) is 0 Å². The highest BCUT2D eigenvalue weighted by Crippen LogP contribution is 2.33. The fraction of sp³-hybridized carbons (Fsp3) is 0.433. The summed E-state index contributed by atoms with van der Waals surface area (Å²) in [5.41, 5.74) is 6.52. The van der Waals surface area contributed by atoms with Crippen LogP contribution in [0.1, 0.15) is 52.2 Å². The minimum absolute atomic E-state index is 0.0256. The van der Waals surface area contributed by atoms with Gasteiger partial charge in [-0.25, -0.2) is 19.6 Å². The number of ether oxygens (including phenoxy) is 2. The van der Waals surface area contributed by atoms with E-state index >= 15 is 0 Å². The Morgan fingerprint density at radius 1 is 1.20 bits per heavy atom. The number of anilines is 2. The molecule has 0 aliphatic carbocycles. The minimum Gasteiger partial charge on any atom is -0.490 e. The van der Waals surface area contributed by atoms with Gasteiger partial charge in [0, 0.05) is 23.9 Å². The second kappa shape index (κ2) is 15.2. The van der Waals surface area contributed by atoms with E-state index in [-0.39, 0.29) is 41.1 Å². The van der Waals surface area contributed by atoms with Gasteiger partial charge in [-0.3, -0.25) is 14.1 Å². The second-order valence-electron chi connectivity index (χ2n) is 13.8. The Hall–Kier alpha value is -5.76. The topological polar surface area (TPSA) is 304 Å². The molecular weight excluding hydrogens is 767 g/mol. The van der Waals surface area contributed by atoms with Crippen molar-refractivity contribution in [3.8, 4) is 5.75 Å². The van der Waals surface area contributed by atoms with Gasteiger partial charge < -0.3 is 30.7 Å². The van der Waals surface area contributed by atoms with Crippen LogP contribution in [-0.4, -0.2) is 120 Å². The molecular formula is C30H37N13O10S2. The molecule has 1 aromatic carbocycles. The summed E-state index contributed by atoms with van der Waals surface area (Å²) >= 11 is 1.02. The highest BCUT2D eigenvalue weighted by Gasteiger charge is 2.58. The van der Waals surface area contributed by atoms with E-state index in [2.05, 4.69) is 56.2 Å². The summed E-state index contributed by atoms with van der Waals surface area (Å²) < 4.78 is 47.1. The lowest BCUT2D eigenvalue weighted by Gasteiger charge is -2.50. The van der Waals surface area contributed by atoms with Gasteiger partial charge in [0.15, 0.2) is 16.9 Å². The first-order chi connectivity index (χ1) is 25.9. The van der Waals surface area contributed by atoms with Gasteiger partial charge in [-0.1, -0.05) is 5.21 Å².